The van der Waals surface area contributed by atoms with Gasteiger partial charge < -0.3 is 10.2 Å². The second-order valence-corrected chi connectivity index (χ2v) is 11.4. The summed E-state index contributed by atoms with van der Waals surface area (Å²) in [5.41, 5.74) is 3.90. The number of benzene rings is 3. The third-order valence-corrected chi connectivity index (χ3v) is 8.34. The van der Waals surface area contributed by atoms with Gasteiger partial charge in [-0.15, -0.1) is 0 Å². The van der Waals surface area contributed by atoms with Crippen molar-refractivity contribution < 1.29 is 18.0 Å². The van der Waals surface area contributed by atoms with E-state index in [1.165, 1.54) is 17.0 Å². The van der Waals surface area contributed by atoms with Crippen molar-refractivity contribution in [2.24, 2.45) is 0 Å². The maximum Gasteiger partial charge on any atom is 0.264 e. The van der Waals surface area contributed by atoms with Crippen molar-refractivity contribution >= 4 is 27.5 Å². The van der Waals surface area contributed by atoms with Crippen LogP contribution in [0, 0.1) is 20.8 Å². The Labute approximate surface area is 226 Å². The van der Waals surface area contributed by atoms with E-state index in [4.69, 9.17) is 0 Å². The number of carbonyl (C=O) groups is 2. The van der Waals surface area contributed by atoms with Crippen LogP contribution in [0.2, 0.25) is 0 Å². The maximum absolute atomic E-state index is 14.0. The van der Waals surface area contributed by atoms with Crippen molar-refractivity contribution in [3.63, 3.8) is 0 Å². The zero-order chi connectivity index (χ0) is 27.9. The second kappa shape index (κ2) is 12.7. The van der Waals surface area contributed by atoms with Gasteiger partial charge >= 0.3 is 0 Å². The first-order chi connectivity index (χ1) is 18.1. The summed E-state index contributed by atoms with van der Waals surface area (Å²) in [4.78, 5) is 28.5. The molecule has 0 aliphatic carbocycles. The molecule has 0 saturated heterocycles. The molecule has 2 amide bonds. The van der Waals surface area contributed by atoms with Crippen molar-refractivity contribution in [2.75, 3.05) is 17.4 Å². The monoisotopic (exact) mass is 535 g/mol. The van der Waals surface area contributed by atoms with Crippen LogP contribution in [0.1, 0.15) is 42.5 Å². The summed E-state index contributed by atoms with van der Waals surface area (Å²) in [6.45, 7) is 9.50. The highest BCUT2D eigenvalue weighted by Crippen LogP contribution is 2.28. The molecule has 0 aliphatic rings. The SMILES string of the molecule is CCCNC(=O)[C@@H](C)N(Cc1ccccc1C)C(=O)CN(c1cc(C)ccc1C)S(=O)(=O)c1ccccc1. The molecule has 202 valence electrons. The molecule has 0 saturated carbocycles. The highest BCUT2D eigenvalue weighted by atomic mass is 32.2. The molecular weight excluding hydrogens is 498 g/mol. The summed E-state index contributed by atoms with van der Waals surface area (Å²) in [7, 11) is -4.08. The number of amides is 2. The first-order valence-electron chi connectivity index (χ1n) is 12.8. The number of carbonyl (C=O) groups excluding carboxylic acids is 2. The summed E-state index contributed by atoms with van der Waals surface area (Å²) < 4.78 is 28.9. The molecule has 38 heavy (non-hydrogen) atoms. The largest absolute Gasteiger partial charge is 0.354 e. The smallest absolute Gasteiger partial charge is 0.264 e. The molecule has 0 fully saturated rings. The van der Waals surface area contributed by atoms with Gasteiger partial charge in [-0.05, 0) is 74.6 Å². The Morgan fingerprint density at radius 3 is 2.21 bits per heavy atom. The maximum atomic E-state index is 14.0. The quantitative estimate of drug-likeness (QED) is 0.384. The molecule has 1 atom stereocenters. The molecule has 7 nitrogen and oxygen atoms in total. The molecule has 0 aliphatic heterocycles. The molecule has 3 rings (SSSR count). The lowest BCUT2D eigenvalue weighted by Crippen LogP contribution is -2.51. The summed E-state index contributed by atoms with van der Waals surface area (Å²) >= 11 is 0. The molecule has 3 aromatic rings. The fraction of sp³-hybridized carbons (Fsp3) is 0.333. The lowest BCUT2D eigenvalue weighted by molar-refractivity contribution is -0.139. The normalized spacial score (nSPS) is 12.0. The Morgan fingerprint density at radius 2 is 1.55 bits per heavy atom. The first-order valence-corrected chi connectivity index (χ1v) is 14.3. The minimum atomic E-state index is -4.08. The van der Waals surface area contributed by atoms with Crippen LogP contribution >= 0.6 is 0 Å². The van der Waals surface area contributed by atoms with Crippen LogP contribution in [-0.4, -0.2) is 44.3 Å². The number of rotatable bonds is 11. The van der Waals surface area contributed by atoms with Crippen LogP contribution in [0.5, 0.6) is 0 Å². The van der Waals surface area contributed by atoms with E-state index in [1.54, 1.807) is 31.2 Å². The Balaban J connectivity index is 2.06. The van der Waals surface area contributed by atoms with E-state index in [0.717, 1.165) is 33.0 Å². The number of sulfonamides is 1. The Hall–Kier alpha value is -3.65. The average Bonchev–Trinajstić information content (AvgIpc) is 2.91. The van der Waals surface area contributed by atoms with E-state index in [9.17, 15) is 18.0 Å². The Bertz CT molecular complexity index is 1370. The van der Waals surface area contributed by atoms with Gasteiger partial charge in [0.2, 0.25) is 11.8 Å². The molecule has 1 N–H and O–H groups in total. The minimum absolute atomic E-state index is 0.0906. The van der Waals surface area contributed by atoms with Crippen LogP contribution < -0.4 is 9.62 Å². The van der Waals surface area contributed by atoms with Crippen molar-refractivity contribution in [3.05, 3.63) is 95.1 Å². The number of aryl methyl sites for hydroxylation is 3. The number of nitrogens with one attached hydrogen (secondary N) is 1. The Morgan fingerprint density at radius 1 is 0.895 bits per heavy atom. The standard InChI is InChI=1S/C30H37N3O4S/c1-6-18-31-30(35)25(5)32(20-26-13-11-10-12-23(26)3)29(34)21-33(28-19-22(2)16-17-24(28)4)38(36,37)27-14-8-7-9-15-27/h7-17,19,25H,6,18,20-21H2,1-5H3,(H,31,35)/t25-/m1/s1. The number of nitrogens with zero attached hydrogens (tertiary/aromatic N) is 2. The Kier molecular flexibility index (Phi) is 9.69. The minimum Gasteiger partial charge on any atom is -0.354 e. The molecule has 0 radical (unpaired) electrons. The number of hydrogen-bond donors (Lipinski definition) is 1. The van der Waals surface area contributed by atoms with E-state index < -0.39 is 28.5 Å². The van der Waals surface area contributed by atoms with E-state index in [2.05, 4.69) is 5.32 Å². The zero-order valence-corrected chi connectivity index (χ0v) is 23.6. The van der Waals surface area contributed by atoms with Crippen LogP contribution in [0.25, 0.3) is 0 Å². The molecule has 8 heteroatoms. The van der Waals surface area contributed by atoms with Gasteiger partial charge in [0.1, 0.15) is 12.6 Å². The summed E-state index contributed by atoms with van der Waals surface area (Å²) in [5.74, 6) is -0.745. The lowest BCUT2D eigenvalue weighted by atomic mass is 10.1. The third-order valence-electron chi connectivity index (χ3n) is 6.56. The molecule has 0 heterocycles. The van der Waals surface area contributed by atoms with E-state index >= 15 is 0 Å². The van der Waals surface area contributed by atoms with Crippen molar-refractivity contribution in [1.29, 1.82) is 0 Å². The predicted octanol–water partition coefficient (Wildman–Crippen LogP) is 4.75. The van der Waals surface area contributed by atoms with Gasteiger partial charge in [0, 0.05) is 13.1 Å². The van der Waals surface area contributed by atoms with Crippen LogP contribution in [0.4, 0.5) is 5.69 Å². The fourth-order valence-corrected chi connectivity index (χ4v) is 5.66. The number of hydrogen-bond acceptors (Lipinski definition) is 4. The molecular formula is C30H37N3O4S. The zero-order valence-electron chi connectivity index (χ0n) is 22.8. The first kappa shape index (κ1) is 28.9. The molecule has 0 spiro atoms. The topological polar surface area (TPSA) is 86.8 Å². The fourth-order valence-electron chi connectivity index (χ4n) is 4.17. The van der Waals surface area contributed by atoms with Crippen LogP contribution in [0.15, 0.2) is 77.7 Å². The predicted molar refractivity (Wildman–Crippen MR) is 151 cm³/mol. The highest BCUT2D eigenvalue weighted by molar-refractivity contribution is 7.92. The van der Waals surface area contributed by atoms with Gasteiger partial charge in [-0.1, -0.05) is 61.5 Å². The summed E-state index contributed by atoms with van der Waals surface area (Å²) in [6.07, 6.45) is 0.764. The molecule has 0 aromatic heterocycles. The third kappa shape index (κ3) is 6.81. The van der Waals surface area contributed by atoms with Gasteiger partial charge in [-0.2, -0.15) is 0 Å². The van der Waals surface area contributed by atoms with Crippen molar-refractivity contribution in [3.8, 4) is 0 Å². The van der Waals surface area contributed by atoms with Crippen molar-refractivity contribution in [1.82, 2.24) is 10.2 Å². The van der Waals surface area contributed by atoms with Gasteiger partial charge in [-0.3, -0.25) is 13.9 Å². The van der Waals surface area contributed by atoms with E-state index in [1.807, 2.05) is 64.1 Å². The van der Waals surface area contributed by atoms with Crippen molar-refractivity contribution in [2.45, 2.75) is 58.5 Å². The van der Waals surface area contributed by atoms with Gasteiger partial charge in [0.15, 0.2) is 0 Å². The summed E-state index contributed by atoms with van der Waals surface area (Å²) in [5, 5.41) is 2.86. The van der Waals surface area contributed by atoms with Gasteiger partial charge in [0.05, 0.1) is 10.6 Å². The van der Waals surface area contributed by atoms with Crippen LogP contribution in [-0.2, 0) is 26.2 Å². The van der Waals surface area contributed by atoms with Crippen LogP contribution in [0.3, 0.4) is 0 Å². The molecule has 0 bridgehead atoms. The van der Waals surface area contributed by atoms with Gasteiger partial charge in [-0.25, -0.2) is 8.42 Å². The van der Waals surface area contributed by atoms with Gasteiger partial charge in [0.25, 0.3) is 10.0 Å². The summed E-state index contributed by atoms with van der Waals surface area (Å²) in [6, 6.07) is 20.5. The lowest BCUT2D eigenvalue weighted by Gasteiger charge is -2.32. The highest BCUT2D eigenvalue weighted by Gasteiger charge is 2.33. The average molecular weight is 536 g/mol. The van der Waals surface area contributed by atoms with E-state index in [-0.39, 0.29) is 17.3 Å². The van der Waals surface area contributed by atoms with E-state index in [0.29, 0.717) is 12.2 Å². The molecule has 0 unspecified atom stereocenters. The second-order valence-electron chi connectivity index (χ2n) is 9.53. The number of anilines is 1. The molecule has 3 aromatic carbocycles.